The van der Waals surface area contributed by atoms with E-state index in [2.05, 4.69) is 24.9 Å². The van der Waals surface area contributed by atoms with E-state index >= 15 is 0 Å². The number of thiocarbonyl (C=S) groups is 1. The van der Waals surface area contributed by atoms with E-state index in [0.29, 0.717) is 15.8 Å². The lowest BCUT2D eigenvalue weighted by atomic mass is 9.48. The first-order valence-corrected chi connectivity index (χ1v) is 12.8. The van der Waals surface area contributed by atoms with Crippen LogP contribution < -0.4 is 0 Å². The minimum Gasteiger partial charge on any atom is -0.289 e. The van der Waals surface area contributed by atoms with Gasteiger partial charge in [-0.25, -0.2) is 4.68 Å². The van der Waals surface area contributed by atoms with Crippen LogP contribution in [0.1, 0.15) is 49.8 Å². The number of hydrogen-bond donors (Lipinski definition) is 0. The molecule has 0 N–H and O–H groups in total. The number of thioether (sulfide) groups is 1. The topological polar surface area (TPSA) is 38.1 Å². The summed E-state index contributed by atoms with van der Waals surface area (Å²) in [5.41, 5.74) is 3.47. The van der Waals surface area contributed by atoms with Crippen LogP contribution in [0.5, 0.6) is 0 Å². The molecule has 4 aliphatic carbocycles. The summed E-state index contributed by atoms with van der Waals surface area (Å²) in [6.07, 6.45) is 13.8. The Balaban J connectivity index is 1.45. The largest absolute Gasteiger partial charge is 0.289 e. The molecule has 6 heteroatoms. The van der Waals surface area contributed by atoms with E-state index in [-0.39, 0.29) is 11.3 Å². The molecule has 32 heavy (non-hydrogen) atoms. The first-order chi connectivity index (χ1) is 15.5. The minimum absolute atomic E-state index is 0.0242. The number of carbonyl (C=O) groups excluding carboxylic acids is 1. The van der Waals surface area contributed by atoms with Gasteiger partial charge in [-0.15, -0.1) is 6.58 Å². The van der Waals surface area contributed by atoms with Gasteiger partial charge in [0.1, 0.15) is 4.32 Å². The zero-order chi connectivity index (χ0) is 21.9. The Bertz CT molecular complexity index is 1100. The number of nitrogens with zero attached hydrogens (tertiary/aromatic N) is 3. The average molecular weight is 462 g/mol. The number of amides is 1. The molecule has 4 bridgehead atoms. The van der Waals surface area contributed by atoms with Gasteiger partial charge in [0.05, 0.1) is 16.3 Å². The highest BCUT2D eigenvalue weighted by Gasteiger charge is 2.53. The molecule has 5 aliphatic rings. The second kappa shape index (κ2) is 7.70. The number of aromatic nitrogens is 2. The first-order valence-electron chi connectivity index (χ1n) is 11.6. The van der Waals surface area contributed by atoms with Crippen molar-refractivity contribution in [3.8, 4) is 5.69 Å². The maximum absolute atomic E-state index is 13.0. The molecule has 0 atom stereocenters. The van der Waals surface area contributed by atoms with Gasteiger partial charge in [-0.2, -0.15) is 5.10 Å². The average Bonchev–Trinajstić information content (AvgIpc) is 3.31. The van der Waals surface area contributed by atoms with Gasteiger partial charge in [0.15, 0.2) is 0 Å². The zero-order valence-corrected chi connectivity index (χ0v) is 19.7. The highest BCUT2D eigenvalue weighted by molar-refractivity contribution is 8.26. The fourth-order valence-corrected chi connectivity index (χ4v) is 8.21. The molecule has 1 saturated heterocycles. The van der Waals surface area contributed by atoms with Crippen LogP contribution in [0.3, 0.4) is 0 Å². The summed E-state index contributed by atoms with van der Waals surface area (Å²) in [4.78, 5) is 15.3. The highest BCUT2D eigenvalue weighted by Crippen LogP contribution is 2.61. The third kappa shape index (κ3) is 3.30. The van der Waals surface area contributed by atoms with Gasteiger partial charge in [-0.1, -0.05) is 48.3 Å². The number of carbonyl (C=O) groups is 1. The summed E-state index contributed by atoms with van der Waals surface area (Å²) >= 11 is 6.86. The summed E-state index contributed by atoms with van der Waals surface area (Å²) in [7, 11) is 0. The number of hydrogen-bond acceptors (Lipinski definition) is 4. The van der Waals surface area contributed by atoms with Crippen molar-refractivity contribution in [1.82, 2.24) is 14.7 Å². The van der Waals surface area contributed by atoms with Gasteiger partial charge in [0.2, 0.25) is 0 Å². The molecule has 1 aromatic carbocycles. The highest BCUT2D eigenvalue weighted by atomic mass is 32.2. The van der Waals surface area contributed by atoms with E-state index in [1.165, 1.54) is 56.0 Å². The molecule has 0 radical (unpaired) electrons. The summed E-state index contributed by atoms with van der Waals surface area (Å²) in [5, 5.41) is 5.20. The Morgan fingerprint density at radius 2 is 1.78 bits per heavy atom. The maximum Gasteiger partial charge on any atom is 0.266 e. The quantitative estimate of drug-likeness (QED) is 0.324. The van der Waals surface area contributed by atoms with E-state index in [0.717, 1.165) is 29.0 Å². The van der Waals surface area contributed by atoms with Gasteiger partial charge < -0.3 is 0 Å². The number of benzene rings is 1. The number of para-hydroxylation sites is 1. The van der Waals surface area contributed by atoms with Gasteiger partial charge >= 0.3 is 0 Å². The van der Waals surface area contributed by atoms with Gasteiger partial charge in [-0.05, 0) is 74.5 Å². The van der Waals surface area contributed by atoms with Gasteiger partial charge in [0, 0.05) is 23.7 Å². The molecule has 4 nitrogen and oxygen atoms in total. The van der Waals surface area contributed by atoms with Crippen molar-refractivity contribution < 1.29 is 4.79 Å². The fourth-order valence-electron chi connectivity index (χ4n) is 6.95. The predicted octanol–water partition coefficient (Wildman–Crippen LogP) is 5.73. The molecule has 2 aromatic rings. The maximum atomic E-state index is 13.0. The molecule has 2 heterocycles. The lowest BCUT2D eigenvalue weighted by molar-refractivity contribution is -0.121. The van der Waals surface area contributed by atoms with Crippen molar-refractivity contribution >= 4 is 40.3 Å². The minimum atomic E-state index is -0.0242. The van der Waals surface area contributed by atoms with Crippen LogP contribution in [0.2, 0.25) is 0 Å². The van der Waals surface area contributed by atoms with Crippen molar-refractivity contribution in [2.45, 2.75) is 43.9 Å². The molecule has 7 rings (SSSR count). The lowest BCUT2D eigenvalue weighted by Gasteiger charge is -2.56. The Morgan fingerprint density at radius 3 is 2.41 bits per heavy atom. The van der Waals surface area contributed by atoms with Gasteiger partial charge in [0.25, 0.3) is 5.91 Å². The lowest BCUT2D eigenvalue weighted by Crippen LogP contribution is -2.49. The summed E-state index contributed by atoms with van der Waals surface area (Å²) in [5.74, 6) is 2.48. The third-order valence-electron chi connectivity index (χ3n) is 7.78. The van der Waals surface area contributed by atoms with Crippen molar-refractivity contribution in [2.75, 3.05) is 6.54 Å². The number of rotatable bonds is 5. The van der Waals surface area contributed by atoms with E-state index < -0.39 is 0 Å². The Labute approximate surface area is 198 Å². The van der Waals surface area contributed by atoms with Crippen LogP contribution in [-0.4, -0.2) is 31.5 Å². The smallest absolute Gasteiger partial charge is 0.266 e. The first kappa shape index (κ1) is 20.4. The second-order valence-electron chi connectivity index (χ2n) is 9.99. The molecule has 1 amide bonds. The molecule has 1 aliphatic heterocycles. The molecule has 1 aromatic heterocycles. The van der Waals surface area contributed by atoms with E-state index in [9.17, 15) is 4.79 Å². The van der Waals surface area contributed by atoms with Crippen molar-refractivity contribution in [3.63, 3.8) is 0 Å². The van der Waals surface area contributed by atoms with Crippen molar-refractivity contribution in [3.05, 3.63) is 65.3 Å². The fraction of sp³-hybridized carbons (Fsp3) is 0.423. The molecular formula is C26H27N3OS2. The molecule has 164 valence electrons. The van der Waals surface area contributed by atoms with Gasteiger partial charge in [-0.3, -0.25) is 9.69 Å². The zero-order valence-electron chi connectivity index (χ0n) is 18.1. The summed E-state index contributed by atoms with van der Waals surface area (Å²) in [6, 6.07) is 10.3. The Hall–Kier alpha value is -2.18. The predicted molar refractivity (Wildman–Crippen MR) is 133 cm³/mol. The third-order valence-corrected chi connectivity index (χ3v) is 9.15. The molecule has 0 unspecified atom stereocenters. The normalized spacial score (nSPS) is 32.3. The Morgan fingerprint density at radius 1 is 1.12 bits per heavy atom. The monoisotopic (exact) mass is 461 g/mol. The van der Waals surface area contributed by atoms with Crippen LogP contribution in [0.25, 0.3) is 11.8 Å². The standard InChI is InChI=1S/C26H27N3OS2/c1-2-8-28-24(30)22(32-25(28)31)12-20-16-29(21-6-4-3-5-7-21)27-23(20)26-13-17-9-18(14-26)11-19(10-17)15-26/h2-7,12,16-19H,1,8-11,13-15H2. The summed E-state index contributed by atoms with van der Waals surface area (Å²) < 4.78 is 2.61. The van der Waals surface area contributed by atoms with E-state index in [1.807, 2.05) is 29.0 Å². The van der Waals surface area contributed by atoms with Crippen molar-refractivity contribution in [1.29, 1.82) is 0 Å². The SMILES string of the molecule is C=CCN1C(=O)C(=Cc2cn(-c3ccccc3)nc2C23CC4CC(CC(C4)C2)C3)SC1=S. The van der Waals surface area contributed by atoms with E-state index in [1.54, 1.807) is 11.0 Å². The van der Waals surface area contributed by atoms with Crippen LogP contribution >= 0.6 is 24.0 Å². The second-order valence-corrected chi connectivity index (χ2v) is 11.7. The van der Waals surface area contributed by atoms with Crippen LogP contribution in [0.4, 0.5) is 0 Å². The van der Waals surface area contributed by atoms with Crippen molar-refractivity contribution in [2.24, 2.45) is 17.8 Å². The van der Waals surface area contributed by atoms with Crippen LogP contribution in [0.15, 0.2) is 54.1 Å². The molecule has 5 fully saturated rings. The van der Waals surface area contributed by atoms with E-state index in [4.69, 9.17) is 17.3 Å². The molecule has 4 saturated carbocycles. The Kier molecular flexibility index (Phi) is 4.92. The molecular weight excluding hydrogens is 434 g/mol. The van der Waals surface area contributed by atoms with Crippen LogP contribution in [0, 0.1) is 17.8 Å². The molecule has 0 spiro atoms. The van der Waals surface area contributed by atoms with Crippen LogP contribution in [-0.2, 0) is 10.2 Å². The summed E-state index contributed by atoms with van der Waals surface area (Å²) in [6.45, 7) is 4.22.